The number of likely N-dealkylation sites (N-methyl/N-ethyl adjacent to an activating group) is 1. The van der Waals surface area contributed by atoms with E-state index in [0.717, 1.165) is 11.4 Å². The van der Waals surface area contributed by atoms with Gasteiger partial charge in [0, 0.05) is 24.1 Å². The first-order valence-electron chi connectivity index (χ1n) is 7.07. The predicted octanol–water partition coefficient (Wildman–Crippen LogP) is 2.60. The zero-order chi connectivity index (χ0) is 15.9. The minimum absolute atomic E-state index is 0.262. The normalized spacial score (nSPS) is 10.1. The number of esters is 1. The van der Waals surface area contributed by atoms with E-state index in [1.807, 2.05) is 44.2 Å². The third-order valence-corrected chi connectivity index (χ3v) is 3.16. The van der Waals surface area contributed by atoms with Crippen LogP contribution in [-0.2, 0) is 9.53 Å². The van der Waals surface area contributed by atoms with E-state index in [1.165, 1.54) is 6.20 Å². The molecule has 5 heteroatoms. The van der Waals surface area contributed by atoms with E-state index in [2.05, 4.69) is 4.98 Å². The van der Waals surface area contributed by atoms with Gasteiger partial charge in [0.2, 0.25) is 0 Å². The Hall–Kier alpha value is -2.69. The summed E-state index contributed by atoms with van der Waals surface area (Å²) in [6.45, 7) is 3.91. The fourth-order valence-electron chi connectivity index (χ4n) is 1.99. The van der Waals surface area contributed by atoms with Crippen LogP contribution in [0, 0.1) is 6.92 Å². The van der Waals surface area contributed by atoms with E-state index in [-0.39, 0.29) is 12.5 Å². The molecule has 114 valence electrons. The highest BCUT2D eigenvalue weighted by Gasteiger charge is 2.16. The second kappa shape index (κ2) is 7.36. The maximum atomic E-state index is 12.2. The van der Waals surface area contributed by atoms with Gasteiger partial charge < -0.3 is 9.64 Å². The molecule has 0 aliphatic heterocycles. The average molecular weight is 298 g/mol. The van der Waals surface area contributed by atoms with Crippen LogP contribution in [0.2, 0.25) is 0 Å². The summed E-state index contributed by atoms with van der Waals surface area (Å²) in [5.41, 5.74) is 1.93. The Morgan fingerprint density at radius 1 is 1.14 bits per heavy atom. The topological polar surface area (TPSA) is 59.5 Å². The van der Waals surface area contributed by atoms with Gasteiger partial charge in [-0.05, 0) is 38.1 Å². The summed E-state index contributed by atoms with van der Waals surface area (Å²) in [5, 5.41) is 0. The number of anilines is 1. The van der Waals surface area contributed by atoms with E-state index in [4.69, 9.17) is 4.74 Å². The highest BCUT2D eigenvalue weighted by molar-refractivity contribution is 5.96. The van der Waals surface area contributed by atoms with Crippen molar-refractivity contribution in [1.82, 2.24) is 4.98 Å². The molecule has 1 aromatic heterocycles. The third kappa shape index (κ3) is 3.91. The van der Waals surface area contributed by atoms with E-state index in [1.54, 1.807) is 17.0 Å². The highest BCUT2D eigenvalue weighted by Crippen LogP contribution is 2.13. The Kier molecular flexibility index (Phi) is 5.25. The monoisotopic (exact) mass is 298 g/mol. The molecule has 0 unspecified atom stereocenters. The van der Waals surface area contributed by atoms with Crippen LogP contribution >= 0.6 is 0 Å². The van der Waals surface area contributed by atoms with Gasteiger partial charge in [0.05, 0.1) is 5.56 Å². The summed E-state index contributed by atoms with van der Waals surface area (Å²) in [5.74, 6) is -0.813. The molecule has 1 amide bonds. The molecule has 0 fully saturated rings. The summed E-state index contributed by atoms with van der Waals surface area (Å²) in [6.07, 6.45) is 1.44. The molecule has 0 aliphatic carbocycles. The van der Waals surface area contributed by atoms with Gasteiger partial charge in [-0.2, -0.15) is 0 Å². The van der Waals surface area contributed by atoms with Crippen molar-refractivity contribution in [2.75, 3.05) is 18.1 Å². The Bertz CT molecular complexity index is 639. The first-order valence-corrected chi connectivity index (χ1v) is 7.07. The molecule has 0 N–H and O–H groups in total. The number of nitrogens with zero attached hydrogens (tertiary/aromatic N) is 2. The van der Waals surface area contributed by atoms with Crippen LogP contribution in [0.5, 0.6) is 0 Å². The lowest BCUT2D eigenvalue weighted by Gasteiger charge is -2.20. The van der Waals surface area contributed by atoms with Crippen molar-refractivity contribution in [2.24, 2.45) is 0 Å². The molecule has 0 radical (unpaired) electrons. The van der Waals surface area contributed by atoms with Gasteiger partial charge in [0.25, 0.3) is 5.91 Å². The van der Waals surface area contributed by atoms with Crippen molar-refractivity contribution in [3.63, 3.8) is 0 Å². The zero-order valence-corrected chi connectivity index (χ0v) is 12.7. The molecule has 2 aromatic rings. The summed E-state index contributed by atoms with van der Waals surface area (Å²) in [6, 6.07) is 12.6. The molecule has 1 aromatic carbocycles. The van der Waals surface area contributed by atoms with Gasteiger partial charge in [-0.15, -0.1) is 0 Å². The number of benzene rings is 1. The van der Waals surface area contributed by atoms with Crippen molar-refractivity contribution < 1.29 is 14.3 Å². The fraction of sp³-hybridized carbons (Fsp3) is 0.235. The number of hydrogen-bond acceptors (Lipinski definition) is 4. The Labute approximate surface area is 129 Å². The summed E-state index contributed by atoms with van der Waals surface area (Å²) in [4.78, 5) is 29.7. The lowest BCUT2D eigenvalue weighted by molar-refractivity contribution is -0.121. The molecule has 0 saturated carbocycles. The van der Waals surface area contributed by atoms with Gasteiger partial charge in [0.15, 0.2) is 6.61 Å². The van der Waals surface area contributed by atoms with E-state index >= 15 is 0 Å². The van der Waals surface area contributed by atoms with Crippen LogP contribution in [0.1, 0.15) is 23.0 Å². The largest absolute Gasteiger partial charge is 0.452 e. The minimum Gasteiger partial charge on any atom is -0.452 e. The molecular weight excluding hydrogens is 280 g/mol. The maximum absolute atomic E-state index is 12.2. The van der Waals surface area contributed by atoms with E-state index in [0.29, 0.717) is 12.1 Å². The van der Waals surface area contributed by atoms with Crippen LogP contribution in [0.4, 0.5) is 5.69 Å². The van der Waals surface area contributed by atoms with Crippen LogP contribution in [0.15, 0.2) is 48.7 Å². The van der Waals surface area contributed by atoms with Crippen molar-refractivity contribution in [1.29, 1.82) is 0 Å². The summed E-state index contributed by atoms with van der Waals surface area (Å²) < 4.78 is 5.06. The van der Waals surface area contributed by atoms with Gasteiger partial charge in [-0.1, -0.05) is 18.2 Å². The molecule has 2 rings (SSSR count). The van der Waals surface area contributed by atoms with Gasteiger partial charge in [-0.25, -0.2) is 4.79 Å². The summed E-state index contributed by atoms with van der Waals surface area (Å²) >= 11 is 0. The van der Waals surface area contributed by atoms with Crippen molar-refractivity contribution in [3.05, 3.63) is 59.9 Å². The minimum atomic E-state index is -0.551. The molecule has 0 saturated heterocycles. The first-order chi connectivity index (χ1) is 10.6. The Morgan fingerprint density at radius 3 is 2.45 bits per heavy atom. The van der Waals surface area contributed by atoms with E-state index < -0.39 is 5.97 Å². The molecule has 0 bridgehead atoms. The molecule has 5 nitrogen and oxygen atoms in total. The SMILES string of the molecule is CCN(C(=O)COC(=O)c1ccc(C)nc1)c1ccccc1. The smallest absolute Gasteiger partial charge is 0.340 e. The number of carbonyl (C=O) groups is 2. The maximum Gasteiger partial charge on any atom is 0.340 e. The Morgan fingerprint density at radius 2 is 1.86 bits per heavy atom. The number of hydrogen-bond donors (Lipinski definition) is 0. The van der Waals surface area contributed by atoms with Crippen LogP contribution in [-0.4, -0.2) is 30.0 Å². The lowest BCUT2D eigenvalue weighted by Crippen LogP contribution is -2.34. The van der Waals surface area contributed by atoms with Crippen LogP contribution in [0.25, 0.3) is 0 Å². The van der Waals surface area contributed by atoms with Crippen molar-refractivity contribution in [3.8, 4) is 0 Å². The number of carbonyl (C=O) groups excluding carboxylic acids is 2. The van der Waals surface area contributed by atoms with Gasteiger partial charge in [0.1, 0.15) is 0 Å². The number of aromatic nitrogens is 1. The second-order valence-corrected chi connectivity index (χ2v) is 4.74. The molecule has 0 aliphatic rings. The fourth-order valence-corrected chi connectivity index (χ4v) is 1.99. The molecule has 0 spiro atoms. The van der Waals surface area contributed by atoms with Crippen LogP contribution in [0.3, 0.4) is 0 Å². The van der Waals surface area contributed by atoms with Crippen molar-refractivity contribution >= 4 is 17.6 Å². The number of aryl methyl sites for hydroxylation is 1. The van der Waals surface area contributed by atoms with E-state index in [9.17, 15) is 9.59 Å². The standard InChI is InChI=1S/C17H18N2O3/c1-3-19(15-7-5-4-6-8-15)16(20)12-22-17(21)14-10-9-13(2)18-11-14/h4-11H,3,12H2,1-2H3. The van der Waals surface area contributed by atoms with Crippen LogP contribution < -0.4 is 4.90 Å². The second-order valence-electron chi connectivity index (χ2n) is 4.74. The third-order valence-electron chi connectivity index (χ3n) is 3.16. The predicted molar refractivity (Wildman–Crippen MR) is 83.7 cm³/mol. The summed E-state index contributed by atoms with van der Waals surface area (Å²) in [7, 11) is 0. The quantitative estimate of drug-likeness (QED) is 0.796. The average Bonchev–Trinajstić information content (AvgIpc) is 2.55. The van der Waals surface area contributed by atoms with Gasteiger partial charge in [-0.3, -0.25) is 9.78 Å². The number of pyridine rings is 1. The number of para-hydroxylation sites is 1. The first kappa shape index (κ1) is 15.7. The number of ether oxygens (including phenoxy) is 1. The van der Waals surface area contributed by atoms with Crippen molar-refractivity contribution in [2.45, 2.75) is 13.8 Å². The molecular formula is C17H18N2O3. The number of amides is 1. The highest BCUT2D eigenvalue weighted by atomic mass is 16.5. The van der Waals surface area contributed by atoms with Gasteiger partial charge >= 0.3 is 5.97 Å². The molecule has 1 heterocycles. The number of rotatable bonds is 5. The zero-order valence-electron chi connectivity index (χ0n) is 12.7. The lowest BCUT2D eigenvalue weighted by atomic mass is 10.2. The molecule has 22 heavy (non-hydrogen) atoms. The molecule has 0 atom stereocenters. The Balaban J connectivity index is 1.96.